The SMILES string of the molecule is CCCOc1c(OCCC)c(OC(=O)CCC)c2ccc(Cl)cc2c1OCCC. The molecule has 0 aromatic heterocycles. The van der Waals surface area contributed by atoms with Gasteiger partial charge in [0, 0.05) is 22.2 Å². The van der Waals surface area contributed by atoms with E-state index in [1.165, 1.54) is 0 Å². The lowest BCUT2D eigenvalue weighted by Crippen LogP contribution is -2.11. The predicted molar refractivity (Wildman–Crippen MR) is 117 cm³/mol. The van der Waals surface area contributed by atoms with Gasteiger partial charge < -0.3 is 18.9 Å². The summed E-state index contributed by atoms with van der Waals surface area (Å²) in [5.41, 5.74) is 0. The molecule has 2 rings (SSSR count). The minimum Gasteiger partial charge on any atom is -0.489 e. The third kappa shape index (κ3) is 5.92. The topological polar surface area (TPSA) is 54.0 Å². The predicted octanol–water partition coefficient (Wildman–Crippen LogP) is 6.57. The lowest BCUT2D eigenvalue weighted by molar-refractivity contribution is -0.134. The van der Waals surface area contributed by atoms with Crippen LogP contribution >= 0.6 is 11.6 Å². The number of esters is 1. The second kappa shape index (κ2) is 11.8. The first-order valence-corrected chi connectivity index (χ1v) is 10.8. The average molecular weight is 423 g/mol. The molecule has 0 fully saturated rings. The first-order valence-electron chi connectivity index (χ1n) is 10.4. The molecule has 0 unspecified atom stereocenters. The molecule has 5 nitrogen and oxygen atoms in total. The van der Waals surface area contributed by atoms with Gasteiger partial charge in [0.25, 0.3) is 0 Å². The Balaban J connectivity index is 2.78. The van der Waals surface area contributed by atoms with Gasteiger partial charge in [0.2, 0.25) is 11.5 Å². The third-order valence-corrected chi connectivity index (χ3v) is 4.35. The number of halogens is 1. The fourth-order valence-corrected chi connectivity index (χ4v) is 3.01. The third-order valence-electron chi connectivity index (χ3n) is 4.11. The number of carbonyl (C=O) groups is 1. The molecule has 0 atom stereocenters. The van der Waals surface area contributed by atoms with Crippen molar-refractivity contribution < 1.29 is 23.7 Å². The molecule has 2 aromatic rings. The molecule has 6 heteroatoms. The van der Waals surface area contributed by atoms with E-state index in [1.807, 2.05) is 33.8 Å². The zero-order valence-electron chi connectivity index (χ0n) is 17.8. The molecule has 0 aliphatic heterocycles. The van der Waals surface area contributed by atoms with Crippen molar-refractivity contribution in [1.82, 2.24) is 0 Å². The lowest BCUT2D eigenvalue weighted by Gasteiger charge is -2.22. The summed E-state index contributed by atoms with van der Waals surface area (Å²) in [6.07, 6.45) is 3.48. The highest BCUT2D eigenvalue weighted by molar-refractivity contribution is 6.31. The Morgan fingerprint density at radius 1 is 0.759 bits per heavy atom. The molecule has 0 radical (unpaired) electrons. The Morgan fingerprint density at radius 2 is 1.31 bits per heavy atom. The zero-order chi connectivity index (χ0) is 21.2. The molecular formula is C23H31ClO5. The minimum atomic E-state index is -0.311. The highest BCUT2D eigenvalue weighted by Crippen LogP contribution is 2.52. The summed E-state index contributed by atoms with van der Waals surface area (Å²) in [7, 11) is 0. The van der Waals surface area contributed by atoms with Crippen LogP contribution in [0, 0.1) is 0 Å². The average Bonchev–Trinajstić information content (AvgIpc) is 2.70. The van der Waals surface area contributed by atoms with Crippen LogP contribution in [0.3, 0.4) is 0 Å². The summed E-state index contributed by atoms with van der Waals surface area (Å²) in [5, 5.41) is 2.01. The van der Waals surface area contributed by atoms with Gasteiger partial charge in [0.1, 0.15) is 0 Å². The van der Waals surface area contributed by atoms with E-state index in [-0.39, 0.29) is 5.97 Å². The van der Waals surface area contributed by atoms with Crippen LogP contribution in [0.2, 0.25) is 5.02 Å². The quantitative estimate of drug-likeness (QED) is 0.286. The van der Waals surface area contributed by atoms with E-state index in [9.17, 15) is 4.79 Å². The summed E-state index contributed by atoms with van der Waals surface area (Å²) < 4.78 is 23.9. The number of rotatable bonds is 12. The highest BCUT2D eigenvalue weighted by Gasteiger charge is 2.26. The Bertz CT molecular complexity index is 819. The van der Waals surface area contributed by atoms with Gasteiger partial charge in [-0.2, -0.15) is 0 Å². The zero-order valence-corrected chi connectivity index (χ0v) is 18.6. The Labute approximate surface area is 178 Å². The van der Waals surface area contributed by atoms with E-state index < -0.39 is 0 Å². The van der Waals surface area contributed by atoms with Crippen molar-refractivity contribution in [3.05, 3.63) is 23.2 Å². The van der Waals surface area contributed by atoms with Gasteiger partial charge in [-0.1, -0.05) is 39.3 Å². The van der Waals surface area contributed by atoms with Crippen LogP contribution in [0.25, 0.3) is 10.8 Å². The van der Waals surface area contributed by atoms with Crippen LogP contribution in [-0.4, -0.2) is 25.8 Å². The molecule has 0 heterocycles. The molecule has 0 aliphatic rings. The molecule has 160 valence electrons. The number of ether oxygens (including phenoxy) is 4. The van der Waals surface area contributed by atoms with E-state index in [1.54, 1.807) is 12.1 Å². The largest absolute Gasteiger partial charge is 0.489 e. The van der Waals surface area contributed by atoms with Crippen molar-refractivity contribution in [3.63, 3.8) is 0 Å². The molecule has 0 spiro atoms. The number of benzene rings is 2. The van der Waals surface area contributed by atoms with E-state index in [2.05, 4.69) is 0 Å². The first-order chi connectivity index (χ1) is 14.1. The maximum absolute atomic E-state index is 12.4. The maximum atomic E-state index is 12.4. The van der Waals surface area contributed by atoms with Crippen molar-refractivity contribution in [2.75, 3.05) is 19.8 Å². The normalized spacial score (nSPS) is 10.8. The van der Waals surface area contributed by atoms with Crippen LogP contribution < -0.4 is 18.9 Å². The van der Waals surface area contributed by atoms with Crippen LogP contribution in [0.1, 0.15) is 59.8 Å². The summed E-state index contributed by atoms with van der Waals surface area (Å²) in [5.74, 6) is 1.49. The molecule has 0 N–H and O–H groups in total. The Hall–Kier alpha value is -2.14. The molecule has 2 aromatic carbocycles. The van der Waals surface area contributed by atoms with Gasteiger partial charge in [-0.05, 0) is 43.9 Å². The van der Waals surface area contributed by atoms with Crippen LogP contribution in [-0.2, 0) is 4.79 Å². The molecule has 0 saturated heterocycles. The van der Waals surface area contributed by atoms with Crippen molar-refractivity contribution in [2.24, 2.45) is 0 Å². The fraction of sp³-hybridized carbons (Fsp3) is 0.522. The number of fused-ring (bicyclic) bond motifs is 1. The van der Waals surface area contributed by atoms with Gasteiger partial charge in [-0.15, -0.1) is 0 Å². The van der Waals surface area contributed by atoms with Gasteiger partial charge in [0.05, 0.1) is 19.8 Å². The van der Waals surface area contributed by atoms with Crippen molar-refractivity contribution in [1.29, 1.82) is 0 Å². The number of carbonyl (C=O) groups excluding carboxylic acids is 1. The standard InChI is InChI=1S/C23H31ClO5/c1-5-9-19(25)29-21-17-11-10-16(24)15-18(17)20(26-12-6-2)22(27-13-7-3)23(21)28-14-8-4/h10-11,15H,5-9,12-14H2,1-4H3. The van der Waals surface area contributed by atoms with E-state index in [4.69, 9.17) is 30.5 Å². The monoisotopic (exact) mass is 422 g/mol. The van der Waals surface area contributed by atoms with E-state index in [0.717, 1.165) is 24.6 Å². The summed E-state index contributed by atoms with van der Waals surface area (Å²) >= 11 is 6.28. The molecular weight excluding hydrogens is 392 g/mol. The minimum absolute atomic E-state index is 0.311. The molecule has 29 heavy (non-hydrogen) atoms. The summed E-state index contributed by atoms with van der Waals surface area (Å²) in [6.45, 7) is 9.49. The van der Waals surface area contributed by atoms with E-state index in [0.29, 0.717) is 66.1 Å². The van der Waals surface area contributed by atoms with Crippen LogP contribution in [0.15, 0.2) is 18.2 Å². The van der Waals surface area contributed by atoms with Gasteiger partial charge in [-0.3, -0.25) is 4.79 Å². The maximum Gasteiger partial charge on any atom is 0.311 e. The smallest absolute Gasteiger partial charge is 0.311 e. The van der Waals surface area contributed by atoms with Crippen LogP contribution in [0.4, 0.5) is 0 Å². The Kier molecular flexibility index (Phi) is 9.39. The number of hydrogen-bond donors (Lipinski definition) is 0. The molecule has 0 saturated carbocycles. The Morgan fingerprint density at radius 3 is 1.86 bits per heavy atom. The molecule has 0 aliphatic carbocycles. The summed E-state index contributed by atoms with van der Waals surface area (Å²) in [4.78, 5) is 12.4. The second-order valence-electron chi connectivity index (χ2n) is 6.78. The fourth-order valence-electron chi connectivity index (χ4n) is 2.84. The van der Waals surface area contributed by atoms with Gasteiger partial charge in [0.15, 0.2) is 11.5 Å². The molecule has 0 amide bonds. The molecule has 0 bridgehead atoms. The lowest BCUT2D eigenvalue weighted by atomic mass is 10.1. The van der Waals surface area contributed by atoms with E-state index >= 15 is 0 Å². The van der Waals surface area contributed by atoms with Gasteiger partial charge >= 0.3 is 5.97 Å². The van der Waals surface area contributed by atoms with Crippen molar-refractivity contribution >= 4 is 28.3 Å². The van der Waals surface area contributed by atoms with Gasteiger partial charge in [-0.25, -0.2) is 0 Å². The van der Waals surface area contributed by atoms with Crippen molar-refractivity contribution in [3.8, 4) is 23.0 Å². The highest BCUT2D eigenvalue weighted by atomic mass is 35.5. The first kappa shape index (κ1) is 23.1. The summed E-state index contributed by atoms with van der Waals surface area (Å²) in [6, 6.07) is 5.40. The second-order valence-corrected chi connectivity index (χ2v) is 7.21. The van der Waals surface area contributed by atoms with Crippen molar-refractivity contribution in [2.45, 2.75) is 59.8 Å². The number of hydrogen-bond acceptors (Lipinski definition) is 5. The van der Waals surface area contributed by atoms with Crippen LogP contribution in [0.5, 0.6) is 23.0 Å².